The molecule has 2 aromatic carbocycles. The molecule has 0 radical (unpaired) electrons. The summed E-state index contributed by atoms with van der Waals surface area (Å²) in [5, 5.41) is 0. The molecule has 92 valence electrons. The zero-order valence-corrected chi connectivity index (χ0v) is 14.0. The van der Waals surface area contributed by atoms with Gasteiger partial charge in [-0.25, -0.2) is 0 Å². The fourth-order valence-corrected chi connectivity index (χ4v) is 2.87. The Bertz CT molecular complexity index is 593. The van der Waals surface area contributed by atoms with E-state index in [2.05, 4.69) is 47.8 Å². The van der Waals surface area contributed by atoms with Crippen molar-refractivity contribution >= 4 is 53.6 Å². The van der Waals surface area contributed by atoms with Gasteiger partial charge in [-0.1, -0.05) is 66.0 Å². The standard InChI is InChI=1S/C14H9Br3O/c15-10-5-6-13(17)11(8-10)14(18)7-9-3-1-2-4-12(9)16/h1-6,8H,7H2. The summed E-state index contributed by atoms with van der Waals surface area (Å²) in [6, 6.07) is 13.4. The highest BCUT2D eigenvalue weighted by atomic mass is 79.9. The Hall–Kier alpha value is -0.450. The highest BCUT2D eigenvalue weighted by molar-refractivity contribution is 9.11. The fraction of sp³-hybridized carbons (Fsp3) is 0.0714. The van der Waals surface area contributed by atoms with Gasteiger partial charge in [-0.3, -0.25) is 4.79 Å². The van der Waals surface area contributed by atoms with Crippen molar-refractivity contribution in [3.05, 3.63) is 67.0 Å². The highest BCUT2D eigenvalue weighted by Gasteiger charge is 2.12. The monoisotopic (exact) mass is 430 g/mol. The number of ketones is 1. The number of hydrogen-bond acceptors (Lipinski definition) is 1. The lowest BCUT2D eigenvalue weighted by atomic mass is 10.0. The van der Waals surface area contributed by atoms with Gasteiger partial charge in [0.15, 0.2) is 5.78 Å². The molecule has 0 fully saturated rings. The Morgan fingerprint density at radius 3 is 2.39 bits per heavy atom. The van der Waals surface area contributed by atoms with E-state index in [0.29, 0.717) is 12.0 Å². The van der Waals surface area contributed by atoms with Crippen LogP contribution in [0, 0.1) is 0 Å². The van der Waals surface area contributed by atoms with Crippen molar-refractivity contribution in [3.8, 4) is 0 Å². The number of hydrogen-bond donors (Lipinski definition) is 0. The number of benzene rings is 2. The molecule has 0 amide bonds. The van der Waals surface area contributed by atoms with Crippen molar-refractivity contribution in [1.82, 2.24) is 0 Å². The summed E-state index contributed by atoms with van der Waals surface area (Å²) >= 11 is 10.2. The van der Waals surface area contributed by atoms with Gasteiger partial charge in [0, 0.05) is 25.4 Å². The van der Waals surface area contributed by atoms with E-state index < -0.39 is 0 Å². The Morgan fingerprint density at radius 2 is 1.67 bits per heavy atom. The van der Waals surface area contributed by atoms with Crippen molar-refractivity contribution in [2.24, 2.45) is 0 Å². The molecule has 0 aliphatic rings. The molecule has 0 bridgehead atoms. The van der Waals surface area contributed by atoms with Crippen LogP contribution in [0.15, 0.2) is 55.9 Å². The Balaban J connectivity index is 2.28. The molecular weight excluding hydrogens is 424 g/mol. The molecule has 0 unspecified atom stereocenters. The minimum Gasteiger partial charge on any atom is -0.294 e. The van der Waals surface area contributed by atoms with Crippen molar-refractivity contribution < 1.29 is 4.79 Å². The second-order valence-corrected chi connectivity index (χ2v) is 6.44. The Morgan fingerprint density at radius 1 is 0.944 bits per heavy atom. The molecule has 0 N–H and O–H groups in total. The van der Waals surface area contributed by atoms with Crippen molar-refractivity contribution in [2.75, 3.05) is 0 Å². The summed E-state index contributed by atoms with van der Waals surface area (Å²) in [7, 11) is 0. The zero-order valence-electron chi connectivity index (χ0n) is 9.29. The summed E-state index contributed by atoms with van der Waals surface area (Å²) in [5.41, 5.74) is 1.69. The molecule has 0 spiro atoms. The lowest BCUT2D eigenvalue weighted by molar-refractivity contribution is 0.0992. The van der Waals surface area contributed by atoms with Gasteiger partial charge in [0.05, 0.1) is 0 Å². The van der Waals surface area contributed by atoms with Gasteiger partial charge in [-0.2, -0.15) is 0 Å². The van der Waals surface area contributed by atoms with Crippen LogP contribution in [-0.2, 0) is 6.42 Å². The molecule has 1 nitrogen and oxygen atoms in total. The van der Waals surface area contributed by atoms with Crippen LogP contribution in [0.25, 0.3) is 0 Å². The highest BCUT2D eigenvalue weighted by Crippen LogP contribution is 2.24. The average Bonchev–Trinajstić information content (AvgIpc) is 2.35. The molecule has 2 rings (SSSR count). The van der Waals surface area contributed by atoms with Crippen LogP contribution in [0.5, 0.6) is 0 Å². The lowest BCUT2D eigenvalue weighted by Gasteiger charge is -2.06. The van der Waals surface area contributed by atoms with E-state index in [9.17, 15) is 4.79 Å². The van der Waals surface area contributed by atoms with Gasteiger partial charge < -0.3 is 0 Å². The van der Waals surface area contributed by atoms with Gasteiger partial charge in [0.2, 0.25) is 0 Å². The maximum absolute atomic E-state index is 12.3. The molecule has 2 aromatic rings. The van der Waals surface area contributed by atoms with Gasteiger partial charge in [-0.05, 0) is 29.8 Å². The average molecular weight is 433 g/mol. The lowest BCUT2D eigenvalue weighted by Crippen LogP contribution is -2.05. The van der Waals surface area contributed by atoms with Crippen molar-refractivity contribution in [3.63, 3.8) is 0 Å². The molecule has 4 heteroatoms. The van der Waals surface area contributed by atoms with Gasteiger partial charge >= 0.3 is 0 Å². The minimum absolute atomic E-state index is 0.0927. The molecule has 0 saturated heterocycles. The summed E-state index contributed by atoms with van der Waals surface area (Å²) in [4.78, 5) is 12.3. The third-order valence-corrected chi connectivity index (χ3v) is 4.50. The first kappa shape index (κ1) is 14.0. The van der Waals surface area contributed by atoms with E-state index in [-0.39, 0.29) is 5.78 Å². The zero-order chi connectivity index (χ0) is 13.1. The SMILES string of the molecule is O=C(Cc1ccccc1Br)c1cc(Br)ccc1Br. The summed E-state index contributed by atoms with van der Waals surface area (Å²) < 4.78 is 2.69. The fourth-order valence-electron chi connectivity index (χ4n) is 1.62. The minimum atomic E-state index is 0.0927. The van der Waals surface area contributed by atoms with Crippen LogP contribution >= 0.6 is 47.8 Å². The Kier molecular flexibility index (Phi) is 4.76. The van der Waals surface area contributed by atoms with Crippen LogP contribution in [-0.4, -0.2) is 5.78 Å². The van der Waals surface area contributed by atoms with Crippen LogP contribution in [0.1, 0.15) is 15.9 Å². The maximum Gasteiger partial charge on any atom is 0.168 e. The van der Waals surface area contributed by atoms with Crippen LogP contribution in [0.3, 0.4) is 0 Å². The molecule has 0 aliphatic carbocycles. The van der Waals surface area contributed by atoms with Crippen LogP contribution in [0.2, 0.25) is 0 Å². The first-order chi connectivity index (χ1) is 8.58. The molecule has 0 heterocycles. The van der Waals surface area contributed by atoms with E-state index in [1.54, 1.807) is 0 Å². The van der Waals surface area contributed by atoms with E-state index in [4.69, 9.17) is 0 Å². The Labute approximate surface area is 131 Å². The first-order valence-corrected chi connectivity index (χ1v) is 7.67. The maximum atomic E-state index is 12.3. The molecule has 0 saturated carbocycles. The molecule has 18 heavy (non-hydrogen) atoms. The third kappa shape index (κ3) is 3.31. The van der Waals surface area contributed by atoms with Crippen LogP contribution in [0.4, 0.5) is 0 Å². The van der Waals surface area contributed by atoms with E-state index in [1.165, 1.54) is 0 Å². The molecule has 0 atom stereocenters. The van der Waals surface area contributed by atoms with Crippen molar-refractivity contribution in [2.45, 2.75) is 6.42 Å². The van der Waals surface area contributed by atoms with E-state index >= 15 is 0 Å². The summed E-state index contributed by atoms with van der Waals surface area (Å²) in [6.07, 6.45) is 0.385. The molecule has 0 aliphatic heterocycles. The molecule has 0 aromatic heterocycles. The van der Waals surface area contributed by atoms with Gasteiger partial charge in [0.1, 0.15) is 0 Å². The van der Waals surface area contributed by atoms with E-state index in [1.807, 2.05) is 42.5 Å². The second-order valence-electron chi connectivity index (χ2n) is 3.82. The number of rotatable bonds is 3. The summed E-state index contributed by atoms with van der Waals surface area (Å²) in [5.74, 6) is 0.0927. The van der Waals surface area contributed by atoms with Gasteiger partial charge in [-0.15, -0.1) is 0 Å². The quantitative estimate of drug-likeness (QED) is 0.593. The molecular formula is C14H9Br3O. The smallest absolute Gasteiger partial charge is 0.168 e. The number of carbonyl (C=O) groups excluding carboxylic acids is 1. The second kappa shape index (κ2) is 6.13. The van der Waals surface area contributed by atoms with E-state index in [0.717, 1.165) is 19.0 Å². The number of halogens is 3. The van der Waals surface area contributed by atoms with Crippen molar-refractivity contribution in [1.29, 1.82) is 0 Å². The summed E-state index contributed by atoms with van der Waals surface area (Å²) in [6.45, 7) is 0. The van der Waals surface area contributed by atoms with Crippen LogP contribution < -0.4 is 0 Å². The largest absolute Gasteiger partial charge is 0.294 e. The number of carbonyl (C=O) groups is 1. The topological polar surface area (TPSA) is 17.1 Å². The predicted octanol–water partition coefficient (Wildman–Crippen LogP) is 5.40. The van der Waals surface area contributed by atoms with Gasteiger partial charge in [0.25, 0.3) is 0 Å². The third-order valence-electron chi connectivity index (χ3n) is 2.54. The normalized spacial score (nSPS) is 10.4. The number of Topliss-reactive ketones (excluding diaryl/α,β-unsaturated/α-hetero) is 1. The predicted molar refractivity (Wildman–Crippen MR) is 84.0 cm³/mol. The first-order valence-electron chi connectivity index (χ1n) is 5.29.